The molecule has 5 heterocycles. The number of hydrogen-bond acceptors (Lipinski definition) is 10. The molecule has 7 rings (SSSR count). The van der Waals surface area contributed by atoms with Gasteiger partial charge in [-0.15, -0.1) is 0 Å². The molecule has 254 valence electrons. The van der Waals surface area contributed by atoms with E-state index in [0.717, 1.165) is 25.1 Å². The lowest BCUT2D eigenvalue weighted by Crippen LogP contribution is -2.63. The number of fused-ring (bicyclic) bond motifs is 1. The van der Waals surface area contributed by atoms with Gasteiger partial charge in [-0.2, -0.15) is 23.1 Å². The summed E-state index contributed by atoms with van der Waals surface area (Å²) in [6.07, 6.45) is -3.46. The van der Waals surface area contributed by atoms with Crippen LogP contribution in [0.4, 0.5) is 33.5 Å². The van der Waals surface area contributed by atoms with E-state index in [1.807, 2.05) is 11.9 Å². The summed E-state index contributed by atoms with van der Waals surface area (Å²) in [5, 5.41) is 12.9. The summed E-state index contributed by atoms with van der Waals surface area (Å²) in [6, 6.07) is 1.69. The molecule has 2 atom stereocenters. The lowest BCUT2D eigenvalue weighted by molar-refractivity contribution is -0.137. The summed E-state index contributed by atoms with van der Waals surface area (Å²) >= 11 is 6.02. The molecule has 2 saturated heterocycles. The van der Waals surface area contributed by atoms with Crippen LogP contribution in [-0.4, -0.2) is 94.8 Å². The average molecular weight is 684 g/mol. The Morgan fingerprint density at radius 1 is 1.21 bits per heavy atom. The van der Waals surface area contributed by atoms with Crippen molar-refractivity contribution in [1.29, 1.82) is 0 Å². The van der Waals surface area contributed by atoms with Crippen molar-refractivity contribution in [2.24, 2.45) is 0 Å². The van der Waals surface area contributed by atoms with E-state index in [9.17, 15) is 22.7 Å². The third-order valence-electron chi connectivity index (χ3n) is 9.94. The normalized spacial score (nSPS) is 27.2. The number of benzene rings is 1. The second-order valence-electron chi connectivity index (χ2n) is 13.1. The number of nitrogen functional groups attached to an aromatic ring is 1. The molecule has 0 amide bonds. The number of anilines is 2. The summed E-state index contributed by atoms with van der Waals surface area (Å²) in [5.74, 6) is -1.10. The highest BCUT2D eigenvalue weighted by Gasteiger charge is 2.52. The van der Waals surface area contributed by atoms with Crippen molar-refractivity contribution >= 4 is 34.0 Å². The number of pyridine rings is 1. The average Bonchev–Trinajstić information content (AvgIpc) is 3.47. The minimum atomic E-state index is -4.97. The molecule has 4 aliphatic rings. The molecule has 1 saturated carbocycles. The topological polar surface area (TPSA) is 122 Å². The van der Waals surface area contributed by atoms with Gasteiger partial charge in [-0.1, -0.05) is 11.6 Å². The van der Waals surface area contributed by atoms with Crippen molar-refractivity contribution in [2.75, 3.05) is 57.1 Å². The Morgan fingerprint density at radius 3 is 2.72 bits per heavy atom. The van der Waals surface area contributed by atoms with Crippen LogP contribution in [-0.2, 0) is 6.18 Å². The smallest absolute Gasteiger partial charge is 0.418 e. The minimum absolute atomic E-state index is 0.00308. The first-order chi connectivity index (χ1) is 22.3. The number of halogens is 6. The highest BCUT2D eigenvalue weighted by atomic mass is 35.5. The van der Waals surface area contributed by atoms with Gasteiger partial charge < -0.3 is 30.5 Å². The molecule has 3 fully saturated rings. The first-order valence-electron chi connectivity index (χ1n) is 15.7. The second kappa shape index (κ2) is 11.7. The van der Waals surface area contributed by atoms with Crippen molar-refractivity contribution < 1.29 is 36.5 Å². The predicted molar refractivity (Wildman–Crippen MR) is 165 cm³/mol. The van der Waals surface area contributed by atoms with E-state index >= 15 is 4.39 Å². The number of nitrogens with two attached hydrogens (primary N) is 1. The van der Waals surface area contributed by atoms with Gasteiger partial charge in [-0.05, 0) is 51.5 Å². The van der Waals surface area contributed by atoms with Crippen LogP contribution in [0.5, 0.6) is 11.9 Å². The Bertz CT molecular complexity index is 1710. The maximum atomic E-state index is 16.8. The number of nitrogens with one attached hydrogen (secondary N) is 1. The predicted octanol–water partition coefficient (Wildman–Crippen LogP) is 4.74. The van der Waals surface area contributed by atoms with Crippen LogP contribution in [0.2, 0.25) is 5.02 Å². The van der Waals surface area contributed by atoms with Crippen LogP contribution < -0.4 is 25.4 Å². The number of aromatic nitrogens is 3. The molecule has 3 aliphatic heterocycles. The van der Waals surface area contributed by atoms with E-state index in [4.69, 9.17) is 31.8 Å². The first kappa shape index (κ1) is 32.3. The molecule has 1 aromatic carbocycles. The quantitative estimate of drug-likeness (QED) is 0.174. The van der Waals surface area contributed by atoms with Crippen molar-refractivity contribution in [2.45, 2.75) is 68.1 Å². The summed E-state index contributed by atoms with van der Waals surface area (Å²) in [5.41, 5.74) is 1.40. The van der Waals surface area contributed by atoms with Gasteiger partial charge in [0.15, 0.2) is 5.82 Å². The van der Waals surface area contributed by atoms with E-state index in [-0.39, 0.29) is 53.9 Å². The maximum absolute atomic E-state index is 16.8. The van der Waals surface area contributed by atoms with Crippen LogP contribution in [0.3, 0.4) is 0 Å². The fourth-order valence-corrected chi connectivity index (χ4v) is 8.15. The molecular formula is C31H35ClF5N7O3. The van der Waals surface area contributed by atoms with E-state index in [1.54, 1.807) is 0 Å². The maximum Gasteiger partial charge on any atom is 0.418 e. The van der Waals surface area contributed by atoms with Gasteiger partial charge in [0, 0.05) is 43.6 Å². The highest BCUT2D eigenvalue weighted by Crippen LogP contribution is 2.50. The number of aliphatic hydroxyl groups is 1. The van der Waals surface area contributed by atoms with Gasteiger partial charge in [-0.25, -0.2) is 13.8 Å². The fourth-order valence-electron chi connectivity index (χ4n) is 7.81. The second-order valence-corrected chi connectivity index (χ2v) is 13.5. The molecule has 1 aliphatic carbocycles. The summed E-state index contributed by atoms with van der Waals surface area (Å²) in [4.78, 5) is 17.4. The zero-order chi connectivity index (χ0) is 33.3. The van der Waals surface area contributed by atoms with Crippen LogP contribution in [0.1, 0.15) is 44.1 Å². The van der Waals surface area contributed by atoms with E-state index in [1.165, 1.54) is 0 Å². The molecule has 1 spiro atoms. The molecule has 0 unspecified atom stereocenters. The van der Waals surface area contributed by atoms with Crippen LogP contribution >= 0.6 is 11.6 Å². The third-order valence-corrected chi connectivity index (χ3v) is 10.2. The van der Waals surface area contributed by atoms with Crippen molar-refractivity contribution in [3.05, 3.63) is 28.5 Å². The number of ether oxygens (including phenoxy) is 2. The van der Waals surface area contributed by atoms with Crippen molar-refractivity contribution in [3.63, 3.8) is 0 Å². The van der Waals surface area contributed by atoms with E-state index in [0.29, 0.717) is 45.3 Å². The Kier molecular flexibility index (Phi) is 8.04. The zero-order valence-electron chi connectivity index (χ0n) is 25.6. The van der Waals surface area contributed by atoms with Crippen LogP contribution in [0.15, 0.2) is 12.1 Å². The number of hydrogen-bond donors (Lipinski definition) is 3. The standard InChI is InChI=1S/C31H35ClF5N7O3/c1-39-5-3-7-44-26-21-25(41-28(42-26)47-14-29-4-2-6-43(29)13-16(33)10-29)23(34)24(40-27(21)46-15-30(44)11-18(45)12-30)19-8-17(38)9-20(32)22(19)31(35,36)37/h8-9,16,18,39,45H,2-7,10-15,38H2,1H3/t16-,18?,29+,30?/m1/s1. The molecule has 3 aromatic rings. The monoisotopic (exact) mass is 683 g/mol. The minimum Gasteiger partial charge on any atom is -0.475 e. The lowest BCUT2D eigenvalue weighted by atomic mass is 9.73. The molecular weight excluding hydrogens is 649 g/mol. The van der Waals surface area contributed by atoms with Crippen molar-refractivity contribution in [3.8, 4) is 23.1 Å². The number of aliphatic hydroxyl groups excluding tert-OH is 1. The molecule has 16 heteroatoms. The summed E-state index contributed by atoms with van der Waals surface area (Å²) in [7, 11) is 1.81. The van der Waals surface area contributed by atoms with E-state index < -0.39 is 57.2 Å². The summed E-state index contributed by atoms with van der Waals surface area (Å²) in [6.45, 7) is 2.15. The Hall–Kier alpha value is -3.27. The molecule has 47 heavy (non-hydrogen) atoms. The van der Waals surface area contributed by atoms with Crippen LogP contribution in [0.25, 0.3) is 22.2 Å². The van der Waals surface area contributed by atoms with Crippen LogP contribution in [0, 0.1) is 5.82 Å². The van der Waals surface area contributed by atoms with Gasteiger partial charge in [0.25, 0.3) is 0 Å². The van der Waals surface area contributed by atoms with Gasteiger partial charge in [0.05, 0.1) is 27.8 Å². The third kappa shape index (κ3) is 5.48. The number of nitrogens with zero attached hydrogens (tertiary/aromatic N) is 5. The number of alkyl halides is 4. The Labute approximate surface area is 272 Å². The van der Waals surface area contributed by atoms with Crippen molar-refractivity contribution in [1.82, 2.24) is 25.2 Å². The van der Waals surface area contributed by atoms with Gasteiger partial charge in [0.2, 0.25) is 5.88 Å². The Balaban J connectivity index is 1.42. The van der Waals surface area contributed by atoms with Gasteiger partial charge >= 0.3 is 12.2 Å². The largest absolute Gasteiger partial charge is 0.475 e. The first-order valence-corrected chi connectivity index (χ1v) is 16.0. The molecule has 0 radical (unpaired) electrons. The molecule has 4 N–H and O–H groups in total. The SMILES string of the molecule is CNCCCN1c2nc(OC[C@@]34CCCN3C[C@H](F)C4)nc3c(F)c(-c4cc(N)cc(Cl)c4C(F)(F)F)nc(c23)OCC12CC(O)C2. The molecule has 2 aromatic heterocycles. The lowest BCUT2D eigenvalue weighted by Gasteiger charge is -2.51. The Morgan fingerprint density at radius 2 is 2.00 bits per heavy atom. The van der Waals surface area contributed by atoms with E-state index in [2.05, 4.69) is 20.2 Å². The molecule has 0 bridgehead atoms. The fraction of sp³-hybridized carbons (Fsp3) is 0.581. The number of rotatable bonds is 8. The van der Waals surface area contributed by atoms with Gasteiger partial charge in [-0.3, -0.25) is 4.90 Å². The molecule has 10 nitrogen and oxygen atoms in total. The van der Waals surface area contributed by atoms with Gasteiger partial charge in [0.1, 0.15) is 41.8 Å². The zero-order valence-corrected chi connectivity index (χ0v) is 26.4. The highest BCUT2D eigenvalue weighted by molar-refractivity contribution is 6.32. The summed E-state index contributed by atoms with van der Waals surface area (Å²) < 4.78 is 86.5.